The lowest BCUT2D eigenvalue weighted by atomic mass is 10.3. The van der Waals surface area contributed by atoms with Crippen molar-refractivity contribution in [2.45, 2.75) is 13.5 Å². The number of benzene rings is 1. The van der Waals surface area contributed by atoms with Crippen molar-refractivity contribution in [3.8, 4) is 5.69 Å². The van der Waals surface area contributed by atoms with Crippen LogP contribution in [0, 0.1) is 6.92 Å². The zero-order valence-electron chi connectivity index (χ0n) is 10.5. The van der Waals surface area contributed by atoms with E-state index >= 15 is 0 Å². The van der Waals surface area contributed by atoms with Crippen molar-refractivity contribution in [3.63, 3.8) is 0 Å². The Morgan fingerprint density at radius 3 is 2.89 bits per heavy atom. The Balaban J connectivity index is 1.86. The number of nitrogens with zero attached hydrogens (tertiary/aromatic N) is 4. The van der Waals surface area contributed by atoms with E-state index in [0.717, 1.165) is 28.2 Å². The first-order chi connectivity index (χ1) is 9.22. The van der Waals surface area contributed by atoms with Gasteiger partial charge in [0.1, 0.15) is 5.82 Å². The monoisotopic (exact) mass is 316 g/mol. The lowest BCUT2D eigenvalue weighted by molar-refractivity contribution is 0.746. The topological polar surface area (TPSA) is 35.6 Å². The molecular formula is C14H13BrN4. The summed E-state index contributed by atoms with van der Waals surface area (Å²) in [5.74, 6) is 0.997. The standard InChI is InChI=1S/C14H13BrN4/c1-11-16-5-6-18(11)8-13-9-19(10-17-13)14-4-2-3-12(15)7-14/h2-7,9-10H,8H2,1H3. The molecule has 1 aromatic carbocycles. The van der Waals surface area contributed by atoms with Crippen molar-refractivity contribution in [1.29, 1.82) is 0 Å². The average molecular weight is 317 g/mol. The van der Waals surface area contributed by atoms with Gasteiger partial charge < -0.3 is 9.13 Å². The third-order valence-electron chi connectivity index (χ3n) is 3.00. The number of halogens is 1. The van der Waals surface area contributed by atoms with Gasteiger partial charge in [-0.2, -0.15) is 0 Å². The molecule has 5 heteroatoms. The Labute approximate surface area is 119 Å². The van der Waals surface area contributed by atoms with Gasteiger partial charge in [-0.3, -0.25) is 0 Å². The molecule has 0 aliphatic carbocycles. The summed E-state index contributed by atoms with van der Waals surface area (Å²) < 4.78 is 5.16. The van der Waals surface area contributed by atoms with Gasteiger partial charge in [0.05, 0.1) is 18.6 Å². The second kappa shape index (κ2) is 5.01. The van der Waals surface area contributed by atoms with Gasteiger partial charge in [-0.05, 0) is 25.1 Å². The molecule has 0 aliphatic rings. The smallest absolute Gasteiger partial charge is 0.105 e. The second-order valence-electron chi connectivity index (χ2n) is 4.35. The highest BCUT2D eigenvalue weighted by Gasteiger charge is 2.04. The van der Waals surface area contributed by atoms with E-state index in [4.69, 9.17) is 0 Å². The number of aryl methyl sites for hydroxylation is 1. The fourth-order valence-corrected chi connectivity index (χ4v) is 2.36. The van der Waals surface area contributed by atoms with Crippen LogP contribution in [0.5, 0.6) is 0 Å². The normalized spacial score (nSPS) is 10.8. The van der Waals surface area contributed by atoms with Crippen LogP contribution in [0.3, 0.4) is 0 Å². The van der Waals surface area contributed by atoms with E-state index in [9.17, 15) is 0 Å². The molecule has 0 N–H and O–H groups in total. The summed E-state index contributed by atoms with van der Waals surface area (Å²) in [7, 11) is 0. The van der Waals surface area contributed by atoms with Gasteiger partial charge in [0.25, 0.3) is 0 Å². The van der Waals surface area contributed by atoms with Crippen LogP contribution >= 0.6 is 15.9 Å². The minimum atomic E-state index is 0.743. The fourth-order valence-electron chi connectivity index (χ4n) is 1.97. The highest BCUT2D eigenvalue weighted by molar-refractivity contribution is 9.10. The van der Waals surface area contributed by atoms with E-state index in [2.05, 4.69) is 42.6 Å². The molecule has 0 spiro atoms. The first-order valence-corrected chi connectivity index (χ1v) is 6.78. The SMILES string of the molecule is Cc1nccn1Cc1cn(-c2cccc(Br)c2)cn1. The molecule has 0 atom stereocenters. The summed E-state index contributed by atoms with van der Waals surface area (Å²) in [6.07, 6.45) is 7.65. The first-order valence-electron chi connectivity index (χ1n) is 5.99. The number of imidazole rings is 2. The molecule has 0 bridgehead atoms. The third kappa shape index (κ3) is 2.61. The van der Waals surface area contributed by atoms with E-state index in [1.54, 1.807) is 6.20 Å². The van der Waals surface area contributed by atoms with E-state index in [1.165, 1.54) is 0 Å². The molecule has 2 aromatic heterocycles. The molecule has 4 nitrogen and oxygen atoms in total. The Kier molecular flexibility index (Phi) is 3.21. The Bertz CT molecular complexity index is 699. The molecule has 3 aromatic rings. The van der Waals surface area contributed by atoms with Crippen molar-refractivity contribution < 1.29 is 0 Å². The minimum Gasteiger partial charge on any atom is -0.329 e. The molecule has 2 heterocycles. The molecule has 0 amide bonds. The van der Waals surface area contributed by atoms with Crippen LogP contribution in [-0.2, 0) is 6.54 Å². The van der Waals surface area contributed by atoms with Gasteiger partial charge in [0.15, 0.2) is 0 Å². The lowest BCUT2D eigenvalue weighted by Gasteiger charge is -2.03. The molecule has 19 heavy (non-hydrogen) atoms. The summed E-state index contributed by atoms with van der Waals surface area (Å²) in [4.78, 5) is 8.65. The van der Waals surface area contributed by atoms with Crippen LogP contribution in [-0.4, -0.2) is 19.1 Å². The first kappa shape index (κ1) is 12.2. The molecule has 0 fully saturated rings. The Morgan fingerprint density at radius 1 is 1.26 bits per heavy atom. The Hall–Kier alpha value is -1.88. The van der Waals surface area contributed by atoms with Gasteiger partial charge in [-0.15, -0.1) is 0 Å². The number of rotatable bonds is 3. The summed E-state index contributed by atoms with van der Waals surface area (Å²) in [5, 5.41) is 0. The lowest BCUT2D eigenvalue weighted by Crippen LogP contribution is -2.00. The van der Waals surface area contributed by atoms with Crippen LogP contribution in [0.15, 0.2) is 53.7 Å². The minimum absolute atomic E-state index is 0.743. The van der Waals surface area contributed by atoms with E-state index in [-0.39, 0.29) is 0 Å². The summed E-state index contributed by atoms with van der Waals surface area (Å²) >= 11 is 3.48. The van der Waals surface area contributed by atoms with Crippen LogP contribution < -0.4 is 0 Å². The fraction of sp³-hybridized carbons (Fsp3) is 0.143. The highest BCUT2D eigenvalue weighted by atomic mass is 79.9. The summed E-state index contributed by atoms with van der Waals surface area (Å²) in [6.45, 7) is 2.73. The predicted molar refractivity (Wildman–Crippen MR) is 77.3 cm³/mol. The van der Waals surface area contributed by atoms with Crippen LogP contribution in [0.4, 0.5) is 0 Å². The van der Waals surface area contributed by atoms with Crippen LogP contribution in [0.1, 0.15) is 11.5 Å². The summed E-state index contributed by atoms with van der Waals surface area (Å²) in [6, 6.07) is 8.14. The molecule has 0 saturated carbocycles. The van der Waals surface area contributed by atoms with Crippen LogP contribution in [0.25, 0.3) is 5.69 Å². The maximum absolute atomic E-state index is 4.44. The van der Waals surface area contributed by atoms with E-state index < -0.39 is 0 Å². The van der Waals surface area contributed by atoms with E-state index in [1.807, 2.05) is 42.3 Å². The molecule has 0 radical (unpaired) electrons. The second-order valence-corrected chi connectivity index (χ2v) is 5.27. The van der Waals surface area contributed by atoms with Gasteiger partial charge in [0.2, 0.25) is 0 Å². The zero-order chi connectivity index (χ0) is 13.2. The average Bonchev–Trinajstić information content (AvgIpc) is 3.00. The molecule has 0 aliphatic heterocycles. The van der Waals surface area contributed by atoms with Gasteiger partial charge >= 0.3 is 0 Å². The van der Waals surface area contributed by atoms with Gasteiger partial charge in [-0.1, -0.05) is 22.0 Å². The third-order valence-corrected chi connectivity index (χ3v) is 3.49. The zero-order valence-corrected chi connectivity index (χ0v) is 12.1. The molecular weight excluding hydrogens is 304 g/mol. The Morgan fingerprint density at radius 2 is 2.16 bits per heavy atom. The van der Waals surface area contributed by atoms with Gasteiger partial charge in [-0.25, -0.2) is 9.97 Å². The van der Waals surface area contributed by atoms with Crippen molar-refractivity contribution in [1.82, 2.24) is 19.1 Å². The molecule has 0 saturated heterocycles. The van der Waals surface area contributed by atoms with Crippen LogP contribution in [0.2, 0.25) is 0 Å². The largest absolute Gasteiger partial charge is 0.329 e. The highest BCUT2D eigenvalue weighted by Crippen LogP contribution is 2.16. The maximum Gasteiger partial charge on any atom is 0.105 e. The van der Waals surface area contributed by atoms with E-state index in [0.29, 0.717) is 0 Å². The van der Waals surface area contributed by atoms with Crippen molar-refractivity contribution in [3.05, 3.63) is 65.2 Å². The summed E-state index contributed by atoms with van der Waals surface area (Å²) in [5.41, 5.74) is 2.11. The number of hydrogen-bond donors (Lipinski definition) is 0. The molecule has 0 unspecified atom stereocenters. The van der Waals surface area contributed by atoms with Crippen molar-refractivity contribution in [2.24, 2.45) is 0 Å². The predicted octanol–water partition coefficient (Wildman–Crippen LogP) is 3.19. The van der Waals surface area contributed by atoms with Gasteiger partial charge in [0, 0.05) is 28.8 Å². The quantitative estimate of drug-likeness (QED) is 0.744. The number of aromatic nitrogens is 4. The van der Waals surface area contributed by atoms with Crippen molar-refractivity contribution in [2.75, 3.05) is 0 Å². The number of hydrogen-bond acceptors (Lipinski definition) is 2. The molecule has 3 rings (SSSR count). The van der Waals surface area contributed by atoms with Crippen molar-refractivity contribution >= 4 is 15.9 Å². The maximum atomic E-state index is 4.44. The molecule has 96 valence electrons.